The Hall–Kier alpha value is -0.250. The fourth-order valence-corrected chi connectivity index (χ4v) is 1.58. The molecule has 0 heterocycles. The van der Waals surface area contributed by atoms with Gasteiger partial charge in [0, 0.05) is 39.8 Å². The normalized spacial score (nSPS) is 12.2. The zero-order chi connectivity index (χ0) is 16.1. The lowest BCUT2D eigenvalue weighted by atomic mass is 10.2. The van der Waals surface area contributed by atoms with E-state index in [4.69, 9.17) is 4.74 Å². The third-order valence-corrected chi connectivity index (χ3v) is 2.61. The minimum Gasteiger partial charge on any atom is -0.381 e. The third kappa shape index (κ3) is 17.8. The fraction of sp³-hybridized carbons (Fsp3) is 0.929. The Labute approximate surface area is 148 Å². The van der Waals surface area contributed by atoms with Gasteiger partial charge in [0.15, 0.2) is 5.96 Å². The van der Waals surface area contributed by atoms with Crippen LogP contribution in [0.4, 0.5) is 13.2 Å². The Morgan fingerprint density at radius 2 is 1.68 bits per heavy atom. The molecule has 0 bridgehead atoms. The summed E-state index contributed by atoms with van der Waals surface area (Å²) in [6.45, 7) is 6.85. The first-order chi connectivity index (χ1) is 9.85. The quantitative estimate of drug-likeness (QED) is 0.237. The Bertz CT molecular complexity index is 287. The van der Waals surface area contributed by atoms with Crippen molar-refractivity contribution in [2.75, 3.05) is 33.4 Å². The van der Waals surface area contributed by atoms with Crippen molar-refractivity contribution in [3.63, 3.8) is 0 Å². The molecule has 0 fully saturated rings. The fourth-order valence-electron chi connectivity index (χ4n) is 1.58. The topological polar surface area (TPSA) is 45.7 Å². The number of nitrogens with one attached hydrogen (secondary N) is 2. The van der Waals surface area contributed by atoms with Crippen molar-refractivity contribution in [3.05, 3.63) is 0 Å². The monoisotopic (exact) mass is 439 g/mol. The van der Waals surface area contributed by atoms with Gasteiger partial charge in [0.05, 0.1) is 0 Å². The summed E-state index contributed by atoms with van der Waals surface area (Å²) < 4.78 is 41.3. The van der Waals surface area contributed by atoms with E-state index in [2.05, 4.69) is 29.5 Å². The average molecular weight is 439 g/mol. The maximum absolute atomic E-state index is 12.0. The highest BCUT2D eigenvalue weighted by atomic mass is 127. The molecule has 0 aromatic heterocycles. The third-order valence-electron chi connectivity index (χ3n) is 2.61. The molecule has 0 rings (SSSR count). The van der Waals surface area contributed by atoms with E-state index in [1.54, 1.807) is 7.05 Å². The number of rotatable bonds is 10. The Morgan fingerprint density at radius 3 is 2.18 bits per heavy atom. The van der Waals surface area contributed by atoms with Crippen molar-refractivity contribution >= 4 is 29.9 Å². The number of unbranched alkanes of at least 4 members (excludes halogenated alkanes) is 1. The van der Waals surface area contributed by atoms with Crippen LogP contribution in [0.1, 0.15) is 39.5 Å². The van der Waals surface area contributed by atoms with E-state index in [9.17, 15) is 13.2 Å². The smallest absolute Gasteiger partial charge is 0.381 e. The summed E-state index contributed by atoms with van der Waals surface area (Å²) in [5.41, 5.74) is 0. The first-order valence-corrected chi connectivity index (χ1v) is 7.44. The summed E-state index contributed by atoms with van der Waals surface area (Å²) in [5, 5.41) is 6.10. The van der Waals surface area contributed by atoms with Gasteiger partial charge in [0.2, 0.25) is 0 Å². The number of ether oxygens (including phenoxy) is 1. The van der Waals surface area contributed by atoms with Crippen molar-refractivity contribution < 1.29 is 17.9 Å². The second kappa shape index (κ2) is 14.3. The standard InChI is InChI=1S/C14H28F3N3O.HI/c1-12(2)11-21-10-6-9-20-13(18-3)19-8-5-4-7-14(15,16)17;/h12H,4-11H2,1-3H3,(H2,18,19,20);1H. The van der Waals surface area contributed by atoms with Crippen LogP contribution in [-0.2, 0) is 4.74 Å². The largest absolute Gasteiger partial charge is 0.389 e. The number of aliphatic imine (C=N–C) groups is 1. The van der Waals surface area contributed by atoms with Crippen molar-refractivity contribution in [3.8, 4) is 0 Å². The maximum atomic E-state index is 12.0. The molecule has 0 saturated carbocycles. The average Bonchev–Trinajstić information content (AvgIpc) is 2.38. The summed E-state index contributed by atoms with van der Waals surface area (Å²) in [6, 6.07) is 0. The molecule has 0 atom stereocenters. The molecular formula is C14H29F3IN3O. The van der Waals surface area contributed by atoms with E-state index < -0.39 is 12.6 Å². The van der Waals surface area contributed by atoms with Crippen molar-refractivity contribution in [1.82, 2.24) is 10.6 Å². The van der Waals surface area contributed by atoms with Crippen LogP contribution in [0.25, 0.3) is 0 Å². The summed E-state index contributed by atoms with van der Waals surface area (Å²) in [6.07, 6.45) is -3.32. The molecule has 0 spiro atoms. The van der Waals surface area contributed by atoms with Gasteiger partial charge in [-0.1, -0.05) is 13.8 Å². The highest BCUT2D eigenvalue weighted by Crippen LogP contribution is 2.21. The second-order valence-electron chi connectivity index (χ2n) is 5.32. The van der Waals surface area contributed by atoms with E-state index >= 15 is 0 Å². The van der Waals surface area contributed by atoms with Crippen molar-refractivity contribution in [2.45, 2.75) is 45.7 Å². The summed E-state index contributed by atoms with van der Waals surface area (Å²) in [4.78, 5) is 4.01. The van der Waals surface area contributed by atoms with Gasteiger partial charge in [0.25, 0.3) is 0 Å². The van der Waals surface area contributed by atoms with E-state index in [-0.39, 0.29) is 30.4 Å². The first kappa shape index (κ1) is 24.0. The molecule has 22 heavy (non-hydrogen) atoms. The predicted octanol–water partition coefficient (Wildman–Crippen LogP) is 3.56. The van der Waals surface area contributed by atoms with Crippen molar-refractivity contribution in [2.24, 2.45) is 10.9 Å². The highest BCUT2D eigenvalue weighted by molar-refractivity contribution is 14.0. The number of hydrogen-bond acceptors (Lipinski definition) is 2. The molecule has 0 radical (unpaired) electrons. The first-order valence-electron chi connectivity index (χ1n) is 7.44. The van der Waals surface area contributed by atoms with Gasteiger partial charge >= 0.3 is 6.18 Å². The van der Waals surface area contributed by atoms with E-state index in [1.807, 2.05) is 0 Å². The molecule has 2 N–H and O–H groups in total. The Kier molecular flexibility index (Phi) is 15.7. The summed E-state index contributed by atoms with van der Waals surface area (Å²) in [5.74, 6) is 1.15. The van der Waals surface area contributed by atoms with Crippen LogP contribution in [0, 0.1) is 5.92 Å². The molecule has 0 aromatic rings. The number of halogens is 4. The lowest BCUT2D eigenvalue weighted by Gasteiger charge is -2.12. The minimum atomic E-state index is -4.06. The lowest BCUT2D eigenvalue weighted by molar-refractivity contribution is -0.135. The van der Waals surface area contributed by atoms with Crippen LogP contribution >= 0.6 is 24.0 Å². The van der Waals surface area contributed by atoms with E-state index in [1.165, 1.54) is 0 Å². The SMILES string of the molecule is CN=C(NCCCCC(F)(F)F)NCCCOCC(C)C.I. The highest BCUT2D eigenvalue weighted by Gasteiger charge is 2.25. The summed E-state index contributed by atoms with van der Waals surface area (Å²) in [7, 11) is 1.64. The van der Waals surface area contributed by atoms with Gasteiger partial charge < -0.3 is 15.4 Å². The van der Waals surface area contributed by atoms with Crippen LogP contribution in [0.5, 0.6) is 0 Å². The number of alkyl halides is 3. The van der Waals surface area contributed by atoms with Gasteiger partial charge in [-0.2, -0.15) is 13.2 Å². The molecule has 134 valence electrons. The van der Waals surface area contributed by atoms with E-state index in [0.29, 0.717) is 31.4 Å². The van der Waals surface area contributed by atoms with Gasteiger partial charge in [0.1, 0.15) is 0 Å². The van der Waals surface area contributed by atoms with Crippen LogP contribution < -0.4 is 10.6 Å². The Morgan fingerprint density at radius 1 is 1.09 bits per heavy atom. The molecule has 0 aliphatic carbocycles. The molecule has 0 aromatic carbocycles. The maximum Gasteiger partial charge on any atom is 0.389 e. The van der Waals surface area contributed by atoms with Gasteiger partial charge in [-0.3, -0.25) is 4.99 Å². The van der Waals surface area contributed by atoms with Crippen molar-refractivity contribution in [1.29, 1.82) is 0 Å². The molecule has 8 heteroatoms. The van der Waals surface area contributed by atoms with Crippen LogP contribution in [0.15, 0.2) is 4.99 Å². The lowest BCUT2D eigenvalue weighted by Crippen LogP contribution is -2.38. The van der Waals surface area contributed by atoms with Gasteiger partial charge in [-0.25, -0.2) is 0 Å². The summed E-state index contributed by atoms with van der Waals surface area (Å²) >= 11 is 0. The molecule has 0 saturated heterocycles. The zero-order valence-corrected chi connectivity index (χ0v) is 16.0. The number of guanidine groups is 1. The molecule has 0 amide bonds. The second-order valence-corrected chi connectivity index (χ2v) is 5.32. The molecule has 0 aliphatic rings. The number of hydrogen-bond donors (Lipinski definition) is 2. The predicted molar refractivity (Wildman–Crippen MR) is 95.0 cm³/mol. The zero-order valence-electron chi connectivity index (χ0n) is 13.6. The molecule has 0 aliphatic heterocycles. The molecular weight excluding hydrogens is 410 g/mol. The van der Waals surface area contributed by atoms with Gasteiger partial charge in [-0.15, -0.1) is 24.0 Å². The van der Waals surface area contributed by atoms with Crippen LogP contribution in [0.3, 0.4) is 0 Å². The van der Waals surface area contributed by atoms with Crippen LogP contribution in [0.2, 0.25) is 0 Å². The minimum absolute atomic E-state index is 0. The van der Waals surface area contributed by atoms with Gasteiger partial charge in [-0.05, 0) is 25.2 Å². The number of nitrogens with zero attached hydrogens (tertiary/aromatic N) is 1. The molecule has 0 unspecified atom stereocenters. The van der Waals surface area contributed by atoms with Crippen LogP contribution in [-0.4, -0.2) is 45.5 Å². The van der Waals surface area contributed by atoms with E-state index in [0.717, 1.165) is 19.6 Å². The molecule has 4 nitrogen and oxygen atoms in total. The Balaban J connectivity index is 0.